The van der Waals surface area contributed by atoms with Crippen molar-refractivity contribution in [2.75, 3.05) is 14.2 Å². The predicted octanol–water partition coefficient (Wildman–Crippen LogP) is 1.56. The van der Waals surface area contributed by atoms with Crippen molar-refractivity contribution < 1.29 is 29.3 Å². The van der Waals surface area contributed by atoms with Crippen molar-refractivity contribution in [2.45, 2.75) is 13.1 Å². The largest absolute Gasteiger partial charge is 0.504 e. The molecule has 0 heterocycles. The molecule has 0 atom stereocenters. The lowest BCUT2D eigenvalue weighted by Crippen LogP contribution is -2.56. The predicted molar refractivity (Wildman–Crippen MR) is 96.8 cm³/mol. The number of hydrogen-bond donors (Lipinski definition) is 2. The third kappa shape index (κ3) is 2.98. The maximum absolute atomic E-state index is 11.6. The highest BCUT2D eigenvalue weighted by Gasteiger charge is 2.38. The molecule has 0 aliphatic heterocycles. The molecule has 0 radical (unpaired) electrons. The Morgan fingerprint density at radius 1 is 0.800 bits per heavy atom. The molecular formula is C18H20O6Si. The average molecular weight is 360 g/mol. The van der Waals surface area contributed by atoms with Gasteiger partial charge in [0.05, 0.1) is 14.2 Å². The van der Waals surface area contributed by atoms with Crippen molar-refractivity contribution in [3.63, 3.8) is 0 Å². The first-order valence-electron chi connectivity index (χ1n) is 7.54. The van der Waals surface area contributed by atoms with Gasteiger partial charge in [0.25, 0.3) is 0 Å². The highest BCUT2D eigenvalue weighted by molar-refractivity contribution is 7.02. The Balaban J connectivity index is 2.94. The zero-order chi connectivity index (χ0) is 18.8. The first-order chi connectivity index (χ1) is 11.8. The van der Waals surface area contributed by atoms with E-state index in [1.54, 1.807) is 0 Å². The number of phenols is 2. The summed E-state index contributed by atoms with van der Waals surface area (Å²) in [4.78, 5) is 23.2. The molecule has 0 bridgehead atoms. The van der Waals surface area contributed by atoms with E-state index in [0.717, 1.165) is 0 Å². The third-order valence-corrected chi connectivity index (χ3v) is 7.78. The molecule has 132 valence electrons. The highest BCUT2D eigenvalue weighted by Crippen LogP contribution is 2.32. The second-order valence-corrected chi connectivity index (χ2v) is 10.3. The molecule has 6 nitrogen and oxygen atoms in total. The van der Waals surface area contributed by atoms with Crippen LogP contribution in [0.4, 0.5) is 0 Å². The molecule has 0 spiro atoms. The number of ether oxygens (including phenoxy) is 2. The minimum absolute atomic E-state index is 0.101. The van der Waals surface area contributed by atoms with Crippen LogP contribution in [0.3, 0.4) is 0 Å². The summed E-state index contributed by atoms with van der Waals surface area (Å²) < 4.78 is 10.7. The molecule has 7 heteroatoms. The Kier molecular flexibility index (Phi) is 5.17. The second kappa shape index (κ2) is 6.98. The number of carbonyl (C=O) groups excluding carboxylic acids is 2. The Bertz CT molecular complexity index is 761. The van der Waals surface area contributed by atoms with E-state index in [1.807, 2.05) is 13.1 Å². The molecule has 2 rings (SSSR count). The van der Waals surface area contributed by atoms with Gasteiger partial charge in [0.15, 0.2) is 23.0 Å². The van der Waals surface area contributed by atoms with Crippen LogP contribution in [0, 0.1) is 0 Å². The normalized spacial score (nSPS) is 11.0. The fraction of sp³-hybridized carbons (Fsp3) is 0.222. The van der Waals surface area contributed by atoms with Crippen LogP contribution in [0.25, 0.3) is 0 Å². The lowest BCUT2D eigenvalue weighted by Gasteiger charge is -2.30. The van der Waals surface area contributed by atoms with E-state index in [4.69, 9.17) is 9.47 Å². The van der Waals surface area contributed by atoms with E-state index in [2.05, 4.69) is 0 Å². The number of benzene rings is 2. The minimum Gasteiger partial charge on any atom is -0.504 e. The fourth-order valence-electron chi connectivity index (χ4n) is 3.20. The van der Waals surface area contributed by atoms with Gasteiger partial charge >= 0.3 is 0 Å². The van der Waals surface area contributed by atoms with Crippen molar-refractivity contribution in [3.05, 3.63) is 35.4 Å². The van der Waals surface area contributed by atoms with Crippen molar-refractivity contribution >= 4 is 31.0 Å². The zero-order valence-corrected chi connectivity index (χ0v) is 15.5. The van der Waals surface area contributed by atoms with Gasteiger partial charge in [-0.1, -0.05) is 13.1 Å². The smallest absolute Gasteiger partial charge is 0.160 e. The van der Waals surface area contributed by atoms with Crippen LogP contribution in [0.5, 0.6) is 23.0 Å². The summed E-state index contributed by atoms with van der Waals surface area (Å²) in [6.45, 7) is 3.78. The molecule has 0 fully saturated rings. The molecule has 0 aromatic heterocycles. The maximum atomic E-state index is 11.6. The van der Waals surface area contributed by atoms with Crippen molar-refractivity contribution in [3.8, 4) is 23.0 Å². The molecule has 2 aromatic rings. The van der Waals surface area contributed by atoms with Crippen LogP contribution in [0.2, 0.25) is 13.1 Å². The Morgan fingerprint density at radius 3 is 1.44 bits per heavy atom. The molecule has 2 aromatic carbocycles. The quantitative estimate of drug-likeness (QED) is 0.600. The standard InChI is InChI=1S/C18H20O6Si/c1-23-15-13(21)7-5-11(9-19)17(15)25(3,4)18-12(10-20)6-8-14(22)16(18)24-2/h5-10,21-22H,1-4H3. The Hall–Kier alpha value is -2.80. The van der Waals surface area contributed by atoms with Gasteiger partial charge in [-0.05, 0) is 24.3 Å². The zero-order valence-electron chi connectivity index (χ0n) is 14.5. The van der Waals surface area contributed by atoms with Gasteiger partial charge < -0.3 is 19.7 Å². The summed E-state index contributed by atoms with van der Waals surface area (Å²) in [5, 5.41) is 21.4. The fourth-order valence-corrected chi connectivity index (χ4v) is 6.77. The number of phenolic OH excluding ortho intramolecular Hbond substituents is 2. The molecule has 2 N–H and O–H groups in total. The second-order valence-electron chi connectivity index (χ2n) is 6.03. The van der Waals surface area contributed by atoms with Gasteiger partial charge in [0.1, 0.15) is 20.6 Å². The third-order valence-electron chi connectivity index (χ3n) is 4.25. The number of rotatable bonds is 6. The Morgan fingerprint density at radius 2 is 1.16 bits per heavy atom. The number of methoxy groups -OCH3 is 2. The molecule has 0 saturated heterocycles. The van der Waals surface area contributed by atoms with Crippen LogP contribution < -0.4 is 19.8 Å². The van der Waals surface area contributed by atoms with Gasteiger partial charge in [-0.3, -0.25) is 9.59 Å². The molecule has 0 unspecified atom stereocenters. The molecule has 0 amide bonds. The van der Waals surface area contributed by atoms with E-state index in [9.17, 15) is 19.8 Å². The van der Waals surface area contributed by atoms with E-state index in [-0.39, 0.29) is 23.0 Å². The number of carbonyl (C=O) groups is 2. The van der Waals surface area contributed by atoms with Crippen LogP contribution >= 0.6 is 0 Å². The van der Waals surface area contributed by atoms with Gasteiger partial charge in [0.2, 0.25) is 0 Å². The number of aromatic hydroxyl groups is 2. The van der Waals surface area contributed by atoms with Crippen molar-refractivity contribution in [1.29, 1.82) is 0 Å². The van der Waals surface area contributed by atoms with E-state index in [1.165, 1.54) is 38.5 Å². The lowest BCUT2D eigenvalue weighted by molar-refractivity contribution is 0.111. The highest BCUT2D eigenvalue weighted by atomic mass is 28.3. The number of hydrogen-bond acceptors (Lipinski definition) is 6. The molecular weight excluding hydrogens is 340 g/mol. The summed E-state index contributed by atoms with van der Waals surface area (Å²) in [5.41, 5.74) is 0.710. The summed E-state index contributed by atoms with van der Waals surface area (Å²) in [6.07, 6.45) is 1.36. The topological polar surface area (TPSA) is 93.1 Å². The van der Waals surface area contributed by atoms with Crippen molar-refractivity contribution in [1.82, 2.24) is 0 Å². The van der Waals surface area contributed by atoms with Crippen LogP contribution in [-0.2, 0) is 0 Å². The van der Waals surface area contributed by atoms with E-state index >= 15 is 0 Å². The van der Waals surface area contributed by atoms with Gasteiger partial charge in [-0.15, -0.1) is 0 Å². The first kappa shape index (κ1) is 18.5. The summed E-state index contributed by atoms with van der Waals surface area (Å²) >= 11 is 0. The van der Waals surface area contributed by atoms with Crippen LogP contribution in [0.1, 0.15) is 20.7 Å². The van der Waals surface area contributed by atoms with Crippen molar-refractivity contribution in [2.24, 2.45) is 0 Å². The molecule has 25 heavy (non-hydrogen) atoms. The number of aldehydes is 2. The lowest BCUT2D eigenvalue weighted by atomic mass is 10.2. The average Bonchev–Trinajstić information content (AvgIpc) is 2.60. The van der Waals surface area contributed by atoms with E-state index < -0.39 is 8.07 Å². The van der Waals surface area contributed by atoms with Gasteiger partial charge in [-0.2, -0.15) is 0 Å². The minimum atomic E-state index is -2.81. The first-order valence-corrected chi connectivity index (χ1v) is 10.5. The summed E-state index contributed by atoms with van der Waals surface area (Å²) in [5.74, 6) is 0.165. The van der Waals surface area contributed by atoms with Crippen LogP contribution in [0.15, 0.2) is 24.3 Å². The van der Waals surface area contributed by atoms with Crippen LogP contribution in [-0.4, -0.2) is 45.1 Å². The summed E-state index contributed by atoms with van der Waals surface area (Å²) in [7, 11) is -0.0114. The SMILES string of the molecule is COc1c(O)ccc(C=O)c1[Si](C)(C)c1c(C=O)ccc(O)c1OC. The molecule has 0 aliphatic rings. The summed E-state index contributed by atoms with van der Waals surface area (Å²) in [6, 6.07) is 5.78. The molecule has 0 saturated carbocycles. The maximum Gasteiger partial charge on any atom is 0.160 e. The monoisotopic (exact) mass is 360 g/mol. The van der Waals surface area contributed by atoms with E-state index in [0.29, 0.717) is 34.1 Å². The molecule has 0 aliphatic carbocycles. The van der Waals surface area contributed by atoms with Gasteiger partial charge in [-0.25, -0.2) is 0 Å². The Labute approximate surface area is 146 Å². The van der Waals surface area contributed by atoms with Gasteiger partial charge in [0, 0.05) is 21.5 Å².